The lowest BCUT2D eigenvalue weighted by atomic mass is 10.1. The molecule has 0 aliphatic carbocycles. The van der Waals surface area contributed by atoms with Crippen LogP contribution in [0.1, 0.15) is 51.0 Å². The van der Waals surface area contributed by atoms with Crippen molar-refractivity contribution in [2.45, 2.75) is 46.1 Å². The molecule has 1 unspecified atom stereocenters. The molecule has 0 saturated carbocycles. The molecule has 1 N–H and O–H groups in total. The topological polar surface area (TPSA) is 41.1 Å². The van der Waals surface area contributed by atoms with E-state index in [0.29, 0.717) is 5.92 Å². The molecule has 1 atom stereocenters. The van der Waals surface area contributed by atoms with Crippen molar-refractivity contribution >= 4 is 22.4 Å². The van der Waals surface area contributed by atoms with Crippen molar-refractivity contribution in [2.75, 3.05) is 23.3 Å². The second-order valence-corrected chi connectivity index (χ2v) is 7.52. The summed E-state index contributed by atoms with van der Waals surface area (Å²) in [7, 11) is 0. The summed E-state index contributed by atoms with van der Waals surface area (Å²) in [6.45, 7) is 8.94. The van der Waals surface area contributed by atoms with E-state index in [4.69, 9.17) is 0 Å². The van der Waals surface area contributed by atoms with Gasteiger partial charge in [-0.25, -0.2) is 4.98 Å². The van der Waals surface area contributed by atoms with Crippen LogP contribution in [0.15, 0.2) is 24.3 Å². The summed E-state index contributed by atoms with van der Waals surface area (Å²) >= 11 is 1.46. The molecule has 3 rings (SSSR count). The van der Waals surface area contributed by atoms with Gasteiger partial charge in [-0.3, -0.25) is 0 Å². The zero-order valence-electron chi connectivity index (χ0n) is 14.2. The Hall–Kier alpha value is -1.62. The Morgan fingerprint density at radius 3 is 2.74 bits per heavy atom. The van der Waals surface area contributed by atoms with Crippen LogP contribution < -0.4 is 10.2 Å². The van der Waals surface area contributed by atoms with E-state index in [9.17, 15) is 0 Å². The van der Waals surface area contributed by atoms with Gasteiger partial charge in [0.2, 0.25) is 5.13 Å². The first-order chi connectivity index (χ1) is 11.1. The fourth-order valence-corrected chi connectivity index (χ4v) is 3.68. The van der Waals surface area contributed by atoms with E-state index in [-0.39, 0.29) is 6.04 Å². The molecule has 1 fully saturated rings. The van der Waals surface area contributed by atoms with Crippen molar-refractivity contribution in [1.82, 2.24) is 9.36 Å². The molecule has 124 valence electrons. The monoisotopic (exact) mass is 330 g/mol. The van der Waals surface area contributed by atoms with E-state index < -0.39 is 0 Å². The summed E-state index contributed by atoms with van der Waals surface area (Å²) in [4.78, 5) is 7.08. The van der Waals surface area contributed by atoms with Crippen molar-refractivity contribution in [3.05, 3.63) is 35.7 Å². The second-order valence-electron chi connectivity index (χ2n) is 6.77. The van der Waals surface area contributed by atoms with Crippen LogP contribution in [-0.2, 0) is 6.42 Å². The number of hydrogen-bond donors (Lipinski definition) is 1. The minimum absolute atomic E-state index is 0.234. The third-order valence-corrected chi connectivity index (χ3v) is 4.92. The Balaban J connectivity index is 1.66. The first-order valence-electron chi connectivity index (χ1n) is 8.56. The predicted molar refractivity (Wildman–Crippen MR) is 98.4 cm³/mol. The third-order valence-electron chi connectivity index (χ3n) is 4.24. The van der Waals surface area contributed by atoms with E-state index in [1.54, 1.807) is 0 Å². The molecule has 4 nitrogen and oxygen atoms in total. The molecular weight excluding hydrogens is 304 g/mol. The van der Waals surface area contributed by atoms with Crippen LogP contribution in [0.2, 0.25) is 0 Å². The molecule has 2 heterocycles. The van der Waals surface area contributed by atoms with Crippen LogP contribution in [0.25, 0.3) is 0 Å². The third kappa shape index (κ3) is 4.22. The van der Waals surface area contributed by atoms with Gasteiger partial charge in [0, 0.05) is 36.7 Å². The van der Waals surface area contributed by atoms with Crippen LogP contribution in [0.4, 0.5) is 10.8 Å². The van der Waals surface area contributed by atoms with Crippen LogP contribution in [-0.4, -0.2) is 22.4 Å². The van der Waals surface area contributed by atoms with Gasteiger partial charge in [-0.15, -0.1) is 0 Å². The van der Waals surface area contributed by atoms with Crippen LogP contribution in [0.5, 0.6) is 0 Å². The fraction of sp³-hybridized carbons (Fsp3) is 0.556. The Morgan fingerprint density at radius 2 is 2.00 bits per heavy atom. The van der Waals surface area contributed by atoms with Crippen molar-refractivity contribution in [3.8, 4) is 0 Å². The highest BCUT2D eigenvalue weighted by Gasteiger charge is 2.15. The first-order valence-corrected chi connectivity index (χ1v) is 9.33. The van der Waals surface area contributed by atoms with E-state index in [2.05, 4.69) is 64.6 Å². The molecule has 1 aromatic heterocycles. The minimum atomic E-state index is 0.234. The number of nitrogens with zero attached hydrogens (tertiary/aromatic N) is 3. The number of aromatic nitrogens is 2. The molecule has 0 radical (unpaired) electrons. The van der Waals surface area contributed by atoms with Gasteiger partial charge in [0.05, 0.1) is 6.04 Å². The van der Waals surface area contributed by atoms with E-state index >= 15 is 0 Å². The summed E-state index contributed by atoms with van der Waals surface area (Å²) in [5.41, 5.74) is 2.64. The van der Waals surface area contributed by atoms with Gasteiger partial charge in [-0.1, -0.05) is 26.0 Å². The van der Waals surface area contributed by atoms with Crippen LogP contribution in [0.3, 0.4) is 0 Å². The average Bonchev–Trinajstić information content (AvgIpc) is 3.19. The molecule has 5 heteroatoms. The van der Waals surface area contributed by atoms with E-state index in [0.717, 1.165) is 17.4 Å². The minimum Gasteiger partial charge on any atom is -0.372 e. The molecule has 23 heavy (non-hydrogen) atoms. The van der Waals surface area contributed by atoms with Crippen molar-refractivity contribution in [1.29, 1.82) is 0 Å². The number of anilines is 2. The molecule has 1 aliphatic heterocycles. The van der Waals surface area contributed by atoms with Crippen LogP contribution in [0, 0.1) is 5.92 Å². The molecular formula is C18H26N4S. The highest BCUT2D eigenvalue weighted by Crippen LogP contribution is 2.26. The van der Waals surface area contributed by atoms with Crippen LogP contribution >= 0.6 is 11.5 Å². The number of rotatable bonds is 6. The van der Waals surface area contributed by atoms with Gasteiger partial charge >= 0.3 is 0 Å². The number of benzene rings is 1. The largest absolute Gasteiger partial charge is 0.372 e. The zero-order chi connectivity index (χ0) is 16.2. The Morgan fingerprint density at radius 1 is 1.22 bits per heavy atom. The Labute approximate surface area is 143 Å². The molecule has 1 aromatic carbocycles. The Kier molecular flexibility index (Phi) is 5.16. The van der Waals surface area contributed by atoms with Gasteiger partial charge in [0.25, 0.3) is 0 Å². The highest BCUT2D eigenvalue weighted by molar-refractivity contribution is 7.09. The smallest absolute Gasteiger partial charge is 0.203 e. The highest BCUT2D eigenvalue weighted by atomic mass is 32.1. The van der Waals surface area contributed by atoms with E-state index in [1.807, 2.05) is 0 Å². The lowest BCUT2D eigenvalue weighted by molar-refractivity contribution is 0.627. The summed E-state index contributed by atoms with van der Waals surface area (Å²) < 4.78 is 4.44. The summed E-state index contributed by atoms with van der Waals surface area (Å²) in [6, 6.07) is 9.10. The van der Waals surface area contributed by atoms with Gasteiger partial charge in [-0.2, -0.15) is 4.37 Å². The van der Waals surface area contributed by atoms with Gasteiger partial charge in [0.1, 0.15) is 5.82 Å². The molecule has 0 amide bonds. The maximum Gasteiger partial charge on any atom is 0.203 e. The quantitative estimate of drug-likeness (QED) is 0.846. The maximum absolute atomic E-state index is 4.60. The van der Waals surface area contributed by atoms with Crippen molar-refractivity contribution in [3.63, 3.8) is 0 Å². The summed E-state index contributed by atoms with van der Waals surface area (Å²) in [5, 5.41) is 4.41. The number of hydrogen-bond acceptors (Lipinski definition) is 5. The molecule has 0 spiro atoms. The maximum atomic E-state index is 4.60. The predicted octanol–water partition coefficient (Wildman–Crippen LogP) is 4.51. The van der Waals surface area contributed by atoms with Gasteiger partial charge in [-0.05, 0) is 43.4 Å². The summed E-state index contributed by atoms with van der Waals surface area (Å²) in [6.07, 6.45) is 3.56. The average molecular weight is 331 g/mol. The Bertz CT molecular complexity index is 631. The standard InChI is InChI=1S/C18H26N4S/c1-13(2)11-17-20-18(23-21-17)19-14(3)15-7-6-8-16(12-15)22-9-4-5-10-22/h6-8,12-14H,4-5,9-11H2,1-3H3,(H,19,20,21). The van der Waals surface area contributed by atoms with Crippen molar-refractivity contribution < 1.29 is 0 Å². The lowest BCUT2D eigenvalue weighted by Gasteiger charge is -2.20. The number of nitrogens with one attached hydrogen (secondary N) is 1. The van der Waals surface area contributed by atoms with Crippen molar-refractivity contribution in [2.24, 2.45) is 5.92 Å². The van der Waals surface area contributed by atoms with Gasteiger partial charge in [0.15, 0.2) is 0 Å². The fourth-order valence-electron chi connectivity index (χ4n) is 3.00. The van der Waals surface area contributed by atoms with E-state index in [1.165, 1.54) is 48.7 Å². The lowest BCUT2D eigenvalue weighted by Crippen LogP contribution is -2.18. The zero-order valence-corrected chi connectivity index (χ0v) is 15.1. The second kappa shape index (κ2) is 7.30. The molecule has 0 bridgehead atoms. The summed E-state index contributed by atoms with van der Waals surface area (Å²) in [5.74, 6) is 1.54. The van der Waals surface area contributed by atoms with Gasteiger partial charge < -0.3 is 10.2 Å². The molecule has 2 aromatic rings. The first kappa shape index (κ1) is 16.2. The SMILES string of the molecule is CC(C)Cc1nsc(NC(C)c2cccc(N3CCCC3)c2)n1. The normalized spacial score (nSPS) is 16.1. The molecule has 1 aliphatic rings. The molecule has 1 saturated heterocycles.